The molecule has 0 bridgehead atoms. The zero-order valence-electron chi connectivity index (χ0n) is 44.5. The SMILES string of the molecule is CCOP(=O)(CCCN1CCN(CCC(CSc2ccccc2)Nc2ccc(NNC(=O)c3ccc(N4CCN(CC5=C(c6ccc(Cl)cc6)CCC(C)(C)C5)CC4)cc3)cc2S(=O)C(F)(F)F)CC1)OCOC(C)C. The van der Waals surface area contributed by atoms with Crippen LogP contribution in [-0.2, 0) is 29.1 Å². The molecule has 3 atom stereocenters. The van der Waals surface area contributed by atoms with Gasteiger partial charge in [-0.3, -0.25) is 29.6 Å². The van der Waals surface area contributed by atoms with E-state index in [4.69, 9.17) is 25.4 Å². The van der Waals surface area contributed by atoms with E-state index >= 15 is 0 Å². The van der Waals surface area contributed by atoms with Crippen molar-refractivity contribution in [1.82, 2.24) is 20.1 Å². The molecule has 2 fully saturated rings. The van der Waals surface area contributed by atoms with Crippen LogP contribution >= 0.6 is 31.0 Å². The minimum atomic E-state index is -5.03. The van der Waals surface area contributed by atoms with Crippen LogP contribution in [0.25, 0.3) is 5.57 Å². The maximum absolute atomic E-state index is 14.3. The number of carbonyl (C=O) groups excluding carboxylic acids is 1. The van der Waals surface area contributed by atoms with Gasteiger partial charge in [-0.2, -0.15) is 13.2 Å². The van der Waals surface area contributed by atoms with Crippen LogP contribution in [0.4, 0.5) is 30.2 Å². The summed E-state index contributed by atoms with van der Waals surface area (Å²) in [6.07, 6.45) is 4.77. The first kappa shape index (κ1) is 59.7. The number of carbonyl (C=O) groups is 1. The summed E-state index contributed by atoms with van der Waals surface area (Å²) in [5, 5.41) is 4.08. The first-order chi connectivity index (χ1) is 36.3. The Morgan fingerprint density at radius 2 is 1.54 bits per heavy atom. The zero-order valence-corrected chi connectivity index (χ0v) is 47.8. The number of rotatable bonds is 26. The lowest BCUT2D eigenvalue weighted by atomic mass is 9.73. The van der Waals surface area contributed by atoms with Gasteiger partial charge >= 0.3 is 13.1 Å². The molecule has 2 heterocycles. The highest BCUT2D eigenvalue weighted by atomic mass is 35.5. The van der Waals surface area contributed by atoms with Crippen molar-refractivity contribution in [2.24, 2.45) is 5.41 Å². The molecule has 7 rings (SSSR count). The minimum Gasteiger partial charge on any atom is -0.380 e. The molecule has 416 valence electrons. The molecule has 0 aromatic heterocycles. The molecule has 2 saturated heterocycles. The maximum Gasteiger partial charge on any atom is 0.475 e. The monoisotopic (exact) mass is 1130 g/mol. The lowest BCUT2D eigenvalue weighted by molar-refractivity contribution is -0.0384. The van der Waals surface area contributed by atoms with Crippen molar-refractivity contribution in [3.05, 3.63) is 119 Å². The number of anilines is 3. The molecule has 13 nitrogen and oxygen atoms in total. The molecular weight excluding hydrogens is 1050 g/mol. The van der Waals surface area contributed by atoms with Gasteiger partial charge < -0.3 is 29.3 Å². The van der Waals surface area contributed by atoms with Gasteiger partial charge in [-0.1, -0.05) is 61.4 Å². The molecule has 0 radical (unpaired) electrons. The van der Waals surface area contributed by atoms with Crippen LogP contribution in [0.15, 0.2) is 112 Å². The van der Waals surface area contributed by atoms with E-state index in [-0.39, 0.29) is 42.3 Å². The minimum absolute atomic E-state index is 0.0510. The Morgan fingerprint density at radius 1 is 0.868 bits per heavy atom. The Bertz CT molecular complexity index is 2580. The number of hydrazine groups is 1. The van der Waals surface area contributed by atoms with Crippen molar-refractivity contribution in [1.29, 1.82) is 0 Å². The first-order valence-electron chi connectivity index (χ1n) is 26.5. The molecule has 76 heavy (non-hydrogen) atoms. The Morgan fingerprint density at radius 3 is 2.20 bits per heavy atom. The van der Waals surface area contributed by atoms with Crippen molar-refractivity contribution >= 4 is 70.3 Å². The predicted octanol–water partition coefficient (Wildman–Crippen LogP) is 12.1. The van der Waals surface area contributed by atoms with Gasteiger partial charge in [0.15, 0.2) is 17.6 Å². The van der Waals surface area contributed by atoms with Crippen LogP contribution in [0.2, 0.25) is 5.02 Å². The van der Waals surface area contributed by atoms with Crippen LogP contribution in [0.5, 0.6) is 0 Å². The Hall–Kier alpha value is -3.94. The lowest BCUT2D eigenvalue weighted by Crippen LogP contribution is -2.47. The molecule has 4 aromatic carbocycles. The van der Waals surface area contributed by atoms with Gasteiger partial charge in [0.25, 0.3) is 5.91 Å². The summed E-state index contributed by atoms with van der Waals surface area (Å²) in [6.45, 7) is 19.5. The number of alkyl halides is 3. The molecule has 1 aliphatic carbocycles. The lowest BCUT2D eigenvalue weighted by Gasteiger charge is -2.39. The summed E-state index contributed by atoms with van der Waals surface area (Å²) >= 11 is 7.82. The van der Waals surface area contributed by atoms with E-state index in [2.05, 4.69) is 61.7 Å². The molecular formula is C56H76ClF3N7O6PS2. The van der Waals surface area contributed by atoms with E-state index in [0.29, 0.717) is 36.9 Å². The highest BCUT2D eigenvalue weighted by Gasteiger charge is 2.40. The molecule has 0 spiro atoms. The number of halogens is 4. The highest BCUT2D eigenvalue weighted by molar-refractivity contribution is 7.99. The number of nitrogens with one attached hydrogen (secondary N) is 3. The number of amides is 1. The van der Waals surface area contributed by atoms with Crippen molar-refractivity contribution < 1.29 is 40.5 Å². The van der Waals surface area contributed by atoms with Gasteiger partial charge in [-0.25, -0.2) is 4.21 Å². The van der Waals surface area contributed by atoms with Crippen molar-refractivity contribution in [2.75, 3.05) is 113 Å². The average molecular weight is 1130 g/mol. The predicted molar refractivity (Wildman–Crippen MR) is 304 cm³/mol. The van der Waals surface area contributed by atoms with E-state index in [1.807, 2.05) is 68.4 Å². The fourth-order valence-corrected chi connectivity index (χ4v) is 13.2. The standard InChI is InChI=1S/C56H76ClF3N7O6PS2/c1-6-72-74(69,73-41-71-42(2)3)36-10-26-64-28-30-65(31-29-64)27-24-48(40-75-50-11-8-7-9-12-50)61-52-22-19-47(37-53(52)76(70)56(58,59)60)62-63-54(68)44-15-20-49(21-16-44)67-34-32-66(33-35-67)39-45-38-55(4,5)25-23-51(45)43-13-17-46(57)18-14-43/h7-9,11-22,37,42,48,61-62H,6,10,23-36,38-41H2,1-5H3,(H,63,68). The topological polar surface area (TPSA) is 128 Å². The second-order valence-corrected chi connectivity index (χ2v) is 25.9. The molecule has 0 saturated carbocycles. The third-order valence-corrected chi connectivity index (χ3v) is 18.7. The second kappa shape index (κ2) is 28.3. The number of nitrogens with zero attached hydrogens (tertiary/aromatic N) is 4. The largest absolute Gasteiger partial charge is 0.475 e. The third-order valence-electron chi connectivity index (χ3n) is 14.1. The average Bonchev–Trinajstić information content (AvgIpc) is 3.40. The van der Waals surface area contributed by atoms with Gasteiger partial charge in [0.2, 0.25) is 0 Å². The molecule has 20 heteroatoms. The van der Waals surface area contributed by atoms with Gasteiger partial charge in [0.1, 0.15) is 0 Å². The van der Waals surface area contributed by atoms with Crippen LogP contribution in [0, 0.1) is 5.41 Å². The first-order valence-corrected chi connectivity index (χ1v) is 30.7. The summed E-state index contributed by atoms with van der Waals surface area (Å²) < 4.78 is 85.7. The second-order valence-electron chi connectivity index (χ2n) is 20.8. The van der Waals surface area contributed by atoms with Crippen LogP contribution in [0.1, 0.15) is 82.6 Å². The molecule has 2 aliphatic heterocycles. The smallest absolute Gasteiger partial charge is 0.380 e. The van der Waals surface area contributed by atoms with Gasteiger partial charge in [-0.05, 0) is 143 Å². The third kappa shape index (κ3) is 18.3. The molecule has 3 aliphatic rings. The summed E-state index contributed by atoms with van der Waals surface area (Å²) in [5.41, 5.74) is 6.44. The summed E-state index contributed by atoms with van der Waals surface area (Å²) in [5.74, 6) is 0.0714. The van der Waals surface area contributed by atoms with Crippen LogP contribution in [-0.4, -0.2) is 140 Å². The number of thioether (sulfide) groups is 1. The zero-order chi connectivity index (χ0) is 54.3. The number of allylic oxidation sites excluding steroid dienone is 1. The molecule has 4 aromatic rings. The number of ether oxygens (including phenoxy) is 1. The number of hydrogen-bond acceptors (Lipinski definition) is 13. The summed E-state index contributed by atoms with van der Waals surface area (Å²) in [6, 6.07) is 29.3. The highest BCUT2D eigenvalue weighted by Crippen LogP contribution is 2.49. The quantitative estimate of drug-likeness (QED) is 0.0239. The van der Waals surface area contributed by atoms with Gasteiger partial charge in [-0.15, -0.1) is 11.8 Å². The number of benzene rings is 4. The van der Waals surface area contributed by atoms with Crippen LogP contribution < -0.4 is 21.1 Å². The van der Waals surface area contributed by atoms with Gasteiger partial charge in [0.05, 0.1) is 35.1 Å². The van der Waals surface area contributed by atoms with E-state index in [9.17, 15) is 26.7 Å². The van der Waals surface area contributed by atoms with Crippen molar-refractivity contribution in [2.45, 2.75) is 94.2 Å². The fraction of sp³-hybridized carbons (Fsp3) is 0.518. The normalized spacial score (nSPS) is 18.6. The number of hydrogen-bond donors (Lipinski definition) is 3. The molecule has 3 N–H and O–H groups in total. The number of piperazine rings is 2. The summed E-state index contributed by atoms with van der Waals surface area (Å²) in [4.78, 5) is 23.5. The van der Waals surface area contributed by atoms with E-state index in [1.54, 1.807) is 36.9 Å². The van der Waals surface area contributed by atoms with E-state index < -0.39 is 34.7 Å². The van der Waals surface area contributed by atoms with Crippen molar-refractivity contribution in [3.8, 4) is 0 Å². The van der Waals surface area contributed by atoms with E-state index in [1.165, 1.54) is 28.8 Å². The van der Waals surface area contributed by atoms with Crippen molar-refractivity contribution in [3.63, 3.8) is 0 Å². The Balaban J connectivity index is 0.924. The Kier molecular flexibility index (Phi) is 22.2. The molecule has 1 amide bonds. The summed E-state index contributed by atoms with van der Waals surface area (Å²) in [7, 11) is -6.64. The molecule has 3 unspecified atom stereocenters. The van der Waals surface area contributed by atoms with Gasteiger partial charge in [0, 0.05) is 98.4 Å². The fourth-order valence-electron chi connectivity index (χ4n) is 9.82. The Labute approximate surface area is 459 Å². The maximum atomic E-state index is 14.3. The van der Waals surface area contributed by atoms with Crippen LogP contribution in [0.3, 0.4) is 0 Å². The van der Waals surface area contributed by atoms with E-state index in [0.717, 1.165) is 100 Å².